The number of rotatable bonds is 3. The molecule has 0 N–H and O–H groups in total. The third-order valence-electron chi connectivity index (χ3n) is 3.30. The Morgan fingerprint density at radius 1 is 1.29 bits per heavy atom. The number of esters is 1. The van der Waals surface area contributed by atoms with E-state index in [4.69, 9.17) is 9.47 Å². The Bertz CT molecular complexity index is 312. The summed E-state index contributed by atoms with van der Waals surface area (Å²) in [5, 5.41) is 0. The maximum absolute atomic E-state index is 12.1. The zero-order valence-corrected chi connectivity index (χ0v) is 14.5. The number of epoxide rings is 1. The molecule has 0 saturated carbocycles. The normalized spacial score (nSPS) is 29.4. The topological polar surface area (TPSA) is 38.8 Å². The van der Waals surface area contributed by atoms with E-state index < -0.39 is 18.9 Å². The monoisotopic (exact) mass is 304 g/mol. The number of hydrogen-bond acceptors (Lipinski definition) is 3. The van der Waals surface area contributed by atoms with Crippen molar-refractivity contribution in [1.29, 1.82) is 0 Å². The van der Waals surface area contributed by atoms with E-state index >= 15 is 0 Å². The molecule has 17 heavy (non-hydrogen) atoms. The molecular weight excluding hydrogens is 277 g/mol. The van der Waals surface area contributed by atoms with E-state index in [-0.39, 0.29) is 16.5 Å². The molecule has 0 amide bonds. The van der Waals surface area contributed by atoms with Crippen molar-refractivity contribution >= 4 is 19.2 Å². The molecule has 0 aromatic rings. The Morgan fingerprint density at radius 3 is 2.00 bits per heavy atom. The van der Waals surface area contributed by atoms with Gasteiger partial charge in [0.05, 0.1) is 0 Å². The number of hydrogen-bond donors (Lipinski definition) is 0. The van der Waals surface area contributed by atoms with Gasteiger partial charge in [0.15, 0.2) is 0 Å². The van der Waals surface area contributed by atoms with Gasteiger partial charge in [-0.25, -0.2) is 0 Å². The van der Waals surface area contributed by atoms with Crippen LogP contribution in [0, 0.1) is 5.92 Å². The second-order valence-electron chi connectivity index (χ2n) is 7.23. The van der Waals surface area contributed by atoms with Crippen LogP contribution in [0.5, 0.6) is 0 Å². The van der Waals surface area contributed by atoms with Gasteiger partial charge in [0.1, 0.15) is 0 Å². The van der Waals surface area contributed by atoms with E-state index in [1.54, 1.807) is 0 Å². The zero-order chi connectivity index (χ0) is 13.6. The average molecular weight is 303 g/mol. The van der Waals surface area contributed by atoms with Crippen LogP contribution in [0.3, 0.4) is 0 Å². The molecule has 4 heteroatoms. The molecule has 0 unspecified atom stereocenters. The van der Waals surface area contributed by atoms with E-state index in [9.17, 15) is 4.79 Å². The van der Waals surface area contributed by atoms with Crippen molar-refractivity contribution in [2.24, 2.45) is 5.92 Å². The van der Waals surface area contributed by atoms with Gasteiger partial charge in [-0.05, 0) is 0 Å². The predicted molar refractivity (Wildman–Crippen MR) is 71.6 cm³/mol. The standard InChI is InChI=1S/C13H26GeO3/c1-9(2)13(14(6,7)8)10(16-13)11(15)17-12(3,4)5/h9-10H,1-8H3/t10-,13-/m0/s1. The summed E-state index contributed by atoms with van der Waals surface area (Å²) in [6.07, 6.45) is -0.332. The summed E-state index contributed by atoms with van der Waals surface area (Å²) in [5.41, 5.74) is -0.434. The molecule has 100 valence electrons. The van der Waals surface area contributed by atoms with Crippen molar-refractivity contribution in [3.05, 3.63) is 0 Å². The van der Waals surface area contributed by atoms with Crippen LogP contribution in [-0.4, -0.2) is 35.4 Å². The number of carbonyl (C=O) groups is 1. The van der Waals surface area contributed by atoms with E-state index in [0.29, 0.717) is 5.92 Å². The average Bonchev–Trinajstić information content (AvgIpc) is 2.72. The molecule has 0 aromatic carbocycles. The van der Waals surface area contributed by atoms with Crippen molar-refractivity contribution in [2.45, 2.75) is 68.0 Å². The van der Waals surface area contributed by atoms with Crippen LogP contribution in [0.2, 0.25) is 17.3 Å². The molecule has 1 saturated heterocycles. The van der Waals surface area contributed by atoms with E-state index in [0.717, 1.165) is 0 Å². The molecule has 3 nitrogen and oxygen atoms in total. The second kappa shape index (κ2) is 4.27. The first-order valence-electron chi connectivity index (χ1n) is 6.32. The maximum atomic E-state index is 12.1. The molecule has 1 fully saturated rings. The first-order chi connectivity index (χ1) is 7.42. The van der Waals surface area contributed by atoms with Crippen LogP contribution in [0.1, 0.15) is 34.6 Å². The van der Waals surface area contributed by atoms with Gasteiger partial charge in [-0.1, -0.05) is 0 Å². The van der Waals surface area contributed by atoms with Crippen LogP contribution in [0.25, 0.3) is 0 Å². The van der Waals surface area contributed by atoms with Gasteiger partial charge in [0, 0.05) is 0 Å². The molecule has 1 aliphatic heterocycles. The Labute approximate surface area is 108 Å². The van der Waals surface area contributed by atoms with Gasteiger partial charge in [0.25, 0.3) is 0 Å². The predicted octanol–water partition coefficient (Wildman–Crippen LogP) is 3.00. The summed E-state index contributed by atoms with van der Waals surface area (Å²) in [7, 11) is 0. The summed E-state index contributed by atoms with van der Waals surface area (Å²) in [5.74, 6) is 7.07. The van der Waals surface area contributed by atoms with Crippen molar-refractivity contribution in [3.8, 4) is 0 Å². The summed E-state index contributed by atoms with van der Waals surface area (Å²) >= 11 is -2.08. The zero-order valence-electron chi connectivity index (χ0n) is 12.4. The Kier molecular flexibility index (Phi) is 3.77. The first kappa shape index (κ1) is 15.0. The van der Waals surface area contributed by atoms with Gasteiger partial charge in [-0.15, -0.1) is 0 Å². The molecule has 1 rings (SSSR count). The number of ether oxygens (including phenoxy) is 2. The van der Waals surface area contributed by atoms with Crippen molar-refractivity contribution in [1.82, 2.24) is 0 Å². The van der Waals surface area contributed by atoms with Gasteiger partial charge >= 0.3 is 107 Å². The van der Waals surface area contributed by atoms with Crippen molar-refractivity contribution in [3.63, 3.8) is 0 Å². The minimum absolute atomic E-state index is 0.188. The second-order valence-corrected chi connectivity index (χ2v) is 18.3. The van der Waals surface area contributed by atoms with Crippen molar-refractivity contribution in [2.75, 3.05) is 0 Å². The molecular formula is C13H26GeO3. The van der Waals surface area contributed by atoms with Crippen LogP contribution in [0.4, 0.5) is 0 Å². The Hall–Kier alpha value is -0.0271. The number of carbonyl (C=O) groups excluding carboxylic acids is 1. The van der Waals surface area contributed by atoms with Gasteiger partial charge < -0.3 is 0 Å². The van der Waals surface area contributed by atoms with Gasteiger partial charge in [-0.2, -0.15) is 0 Å². The van der Waals surface area contributed by atoms with Crippen LogP contribution >= 0.6 is 0 Å². The summed E-state index contributed by atoms with van der Waals surface area (Å²) in [6.45, 7) is 9.95. The third-order valence-corrected chi connectivity index (χ3v) is 10.2. The Balaban J connectivity index is 2.82. The SMILES string of the molecule is CC(C)[C@]1([Ge]([CH3])([CH3])[CH3])O[C@H]1C(=O)OC(C)(C)C. The van der Waals surface area contributed by atoms with E-state index in [1.165, 1.54) is 0 Å². The third kappa shape index (κ3) is 2.87. The van der Waals surface area contributed by atoms with Crippen LogP contribution < -0.4 is 0 Å². The Morgan fingerprint density at radius 2 is 1.76 bits per heavy atom. The first-order valence-corrected chi connectivity index (χ1v) is 13.7. The quantitative estimate of drug-likeness (QED) is 0.457. The molecule has 0 spiro atoms. The molecule has 0 bridgehead atoms. The fraction of sp³-hybridized carbons (Fsp3) is 0.923. The summed E-state index contributed by atoms with van der Waals surface area (Å²) in [6, 6.07) is 0. The molecule has 1 aliphatic rings. The van der Waals surface area contributed by atoms with E-state index in [1.807, 2.05) is 20.8 Å². The summed E-state index contributed by atoms with van der Waals surface area (Å²) in [4.78, 5) is 12.1. The molecule has 0 aliphatic carbocycles. The fourth-order valence-corrected chi connectivity index (χ4v) is 9.13. The minimum atomic E-state index is -2.08. The van der Waals surface area contributed by atoms with Gasteiger partial charge in [0.2, 0.25) is 0 Å². The fourth-order valence-electron chi connectivity index (χ4n) is 2.61. The molecule has 2 atom stereocenters. The summed E-state index contributed by atoms with van der Waals surface area (Å²) < 4.78 is 11.1. The van der Waals surface area contributed by atoms with Crippen molar-refractivity contribution < 1.29 is 14.3 Å². The van der Waals surface area contributed by atoms with E-state index in [2.05, 4.69) is 31.1 Å². The molecule has 0 aromatic heterocycles. The van der Waals surface area contributed by atoms with Crippen LogP contribution in [0.15, 0.2) is 0 Å². The van der Waals surface area contributed by atoms with Gasteiger partial charge in [-0.3, -0.25) is 0 Å². The molecule has 1 heterocycles. The van der Waals surface area contributed by atoms with Crippen LogP contribution in [-0.2, 0) is 14.3 Å². The molecule has 0 radical (unpaired) electrons.